The van der Waals surface area contributed by atoms with Gasteiger partial charge >= 0.3 is 6.55 Å². The molecule has 0 radical (unpaired) electrons. The van der Waals surface area contributed by atoms with Crippen molar-refractivity contribution >= 4 is 10.9 Å². The van der Waals surface area contributed by atoms with E-state index in [1.54, 1.807) is 12.1 Å². The Bertz CT molecular complexity index is 431. The third-order valence-electron chi connectivity index (χ3n) is 2.09. The van der Waals surface area contributed by atoms with Gasteiger partial charge in [0.2, 0.25) is 0 Å². The van der Waals surface area contributed by atoms with Gasteiger partial charge in [-0.25, -0.2) is 0 Å². The van der Waals surface area contributed by atoms with Crippen LogP contribution in [0.3, 0.4) is 0 Å². The minimum atomic E-state index is -2.46. The number of aromatic nitrogens is 1. The van der Waals surface area contributed by atoms with E-state index >= 15 is 0 Å². The van der Waals surface area contributed by atoms with Crippen LogP contribution in [0.2, 0.25) is 0 Å². The Hall–Kier alpha value is -1.38. The molecule has 0 aliphatic heterocycles. The zero-order chi connectivity index (χ0) is 9.42. The first-order valence-corrected chi connectivity index (χ1v) is 4.04. The van der Waals surface area contributed by atoms with E-state index in [0.29, 0.717) is 5.52 Å². The number of hydrogen-bond donors (Lipinski definition) is 0. The van der Waals surface area contributed by atoms with Crippen molar-refractivity contribution < 1.29 is 8.78 Å². The van der Waals surface area contributed by atoms with Crippen molar-refractivity contribution in [2.24, 2.45) is 0 Å². The minimum Gasteiger partial charge on any atom is -0.291 e. The standard InChI is InChI=1S/C10H9F2N/c1-7-2-3-9-8(6-7)4-5-13(9)10(11)12/h2-6,10H,1H3. The molecule has 0 aliphatic carbocycles. The molecular weight excluding hydrogens is 172 g/mol. The topological polar surface area (TPSA) is 4.93 Å². The molecular formula is C10H9F2N. The molecule has 13 heavy (non-hydrogen) atoms. The Balaban J connectivity index is 2.69. The van der Waals surface area contributed by atoms with Gasteiger partial charge in [0.15, 0.2) is 0 Å². The van der Waals surface area contributed by atoms with E-state index in [-0.39, 0.29) is 0 Å². The highest BCUT2D eigenvalue weighted by Crippen LogP contribution is 2.22. The van der Waals surface area contributed by atoms with Crippen LogP contribution < -0.4 is 0 Å². The third kappa shape index (κ3) is 1.30. The summed E-state index contributed by atoms with van der Waals surface area (Å²) in [5.74, 6) is 0. The molecule has 3 heteroatoms. The summed E-state index contributed by atoms with van der Waals surface area (Å²) in [6.45, 7) is -0.515. The number of benzene rings is 1. The number of hydrogen-bond acceptors (Lipinski definition) is 0. The summed E-state index contributed by atoms with van der Waals surface area (Å²) in [6.07, 6.45) is 1.41. The zero-order valence-corrected chi connectivity index (χ0v) is 7.17. The molecule has 0 amide bonds. The molecule has 1 nitrogen and oxygen atoms in total. The average Bonchev–Trinajstić information content (AvgIpc) is 2.46. The van der Waals surface area contributed by atoms with Crippen LogP contribution in [0, 0.1) is 6.92 Å². The molecule has 0 saturated heterocycles. The van der Waals surface area contributed by atoms with Gasteiger partial charge in [-0.2, -0.15) is 8.78 Å². The highest BCUT2D eigenvalue weighted by Gasteiger charge is 2.08. The first-order chi connectivity index (χ1) is 6.18. The Morgan fingerprint density at radius 1 is 1.23 bits per heavy atom. The maximum atomic E-state index is 12.4. The summed E-state index contributed by atoms with van der Waals surface area (Å²) in [6, 6.07) is 7.15. The molecule has 0 aliphatic rings. The molecule has 0 saturated carbocycles. The van der Waals surface area contributed by atoms with E-state index < -0.39 is 6.55 Å². The molecule has 2 aromatic rings. The predicted octanol–water partition coefficient (Wildman–Crippen LogP) is 3.34. The highest BCUT2D eigenvalue weighted by atomic mass is 19.3. The van der Waals surface area contributed by atoms with E-state index in [1.807, 2.05) is 19.1 Å². The lowest BCUT2D eigenvalue weighted by molar-refractivity contribution is 0.0752. The molecule has 1 heterocycles. The summed E-state index contributed by atoms with van der Waals surface area (Å²) in [5.41, 5.74) is 1.67. The smallest absolute Gasteiger partial charge is 0.291 e. The monoisotopic (exact) mass is 181 g/mol. The van der Waals surface area contributed by atoms with Gasteiger partial charge in [-0.15, -0.1) is 0 Å². The first-order valence-electron chi connectivity index (χ1n) is 4.04. The number of aryl methyl sites for hydroxylation is 1. The molecule has 0 unspecified atom stereocenters. The van der Waals surface area contributed by atoms with Gasteiger partial charge in [0.25, 0.3) is 0 Å². The Kier molecular flexibility index (Phi) is 1.79. The molecule has 1 aromatic carbocycles. The molecule has 0 N–H and O–H groups in total. The van der Waals surface area contributed by atoms with Crippen molar-refractivity contribution in [2.75, 3.05) is 0 Å². The molecule has 68 valence electrons. The van der Waals surface area contributed by atoms with E-state index in [1.165, 1.54) is 6.20 Å². The van der Waals surface area contributed by atoms with Crippen LogP contribution in [-0.2, 0) is 0 Å². The van der Waals surface area contributed by atoms with Crippen LogP contribution in [0.5, 0.6) is 0 Å². The van der Waals surface area contributed by atoms with Gasteiger partial charge in [0.05, 0.1) is 5.52 Å². The van der Waals surface area contributed by atoms with Gasteiger partial charge in [0.1, 0.15) is 0 Å². The first kappa shape index (κ1) is 8.23. The lowest BCUT2D eigenvalue weighted by atomic mass is 10.2. The molecule has 0 spiro atoms. The SMILES string of the molecule is Cc1ccc2c(ccn2C(F)F)c1. The molecule has 0 bridgehead atoms. The maximum Gasteiger partial charge on any atom is 0.319 e. The molecule has 1 aromatic heterocycles. The summed E-state index contributed by atoms with van der Waals surface area (Å²) < 4.78 is 25.8. The maximum absolute atomic E-state index is 12.4. The second-order valence-corrected chi connectivity index (χ2v) is 3.06. The van der Waals surface area contributed by atoms with Crippen LogP contribution in [-0.4, -0.2) is 4.57 Å². The number of alkyl halides is 2. The Morgan fingerprint density at radius 3 is 2.69 bits per heavy atom. The van der Waals surface area contributed by atoms with Crippen LogP contribution in [0.1, 0.15) is 12.1 Å². The molecule has 2 rings (SSSR count). The fourth-order valence-corrected chi connectivity index (χ4v) is 1.45. The van der Waals surface area contributed by atoms with E-state index in [2.05, 4.69) is 0 Å². The predicted molar refractivity (Wildman–Crippen MR) is 47.9 cm³/mol. The highest BCUT2D eigenvalue weighted by molar-refractivity contribution is 5.80. The average molecular weight is 181 g/mol. The van der Waals surface area contributed by atoms with Gasteiger partial charge < -0.3 is 0 Å². The lowest BCUT2D eigenvalue weighted by Gasteiger charge is -2.02. The van der Waals surface area contributed by atoms with E-state index in [4.69, 9.17) is 0 Å². The van der Waals surface area contributed by atoms with Crippen LogP contribution >= 0.6 is 0 Å². The third-order valence-corrected chi connectivity index (χ3v) is 2.09. The summed E-state index contributed by atoms with van der Waals surface area (Å²) in [4.78, 5) is 0. The van der Waals surface area contributed by atoms with E-state index in [9.17, 15) is 8.78 Å². The summed E-state index contributed by atoms with van der Waals surface area (Å²) in [7, 11) is 0. The number of halogens is 2. The van der Waals surface area contributed by atoms with Gasteiger partial charge in [-0.05, 0) is 25.1 Å². The lowest BCUT2D eigenvalue weighted by Crippen LogP contribution is -1.94. The van der Waals surface area contributed by atoms with Crippen molar-refractivity contribution in [1.29, 1.82) is 0 Å². The Labute approximate surface area is 74.6 Å². The van der Waals surface area contributed by atoms with Gasteiger partial charge in [-0.3, -0.25) is 4.57 Å². The molecule has 0 atom stereocenters. The second kappa shape index (κ2) is 2.83. The number of nitrogens with zero attached hydrogens (tertiary/aromatic N) is 1. The van der Waals surface area contributed by atoms with Crippen LogP contribution in [0.25, 0.3) is 10.9 Å². The van der Waals surface area contributed by atoms with Crippen molar-refractivity contribution in [3.8, 4) is 0 Å². The minimum absolute atomic E-state index is 0.584. The summed E-state index contributed by atoms with van der Waals surface area (Å²) in [5, 5.41) is 0.861. The van der Waals surface area contributed by atoms with Crippen LogP contribution in [0.4, 0.5) is 8.78 Å². The van der Waals surface area contributed by atoms with Gasteiger partial charge in [-0.1, -0.05) is 11.6 Å². The van der Waals surface area contributed by atoms with E-state index in [0.717, 1.165) is 15.5 Å². The summed E-state index contributed by atoms with van der Waals surface area (Å²) >= 11 is 0. The van der Waals surface area contributed by atoms with Crippen LogP contribution in [0.15, 0.2) is 30.5 Å². The molecule has 0 fully saturated rings. The van der Waals surface area contributed by atoms with Crippen molar-refractivity contribution in [3.63, 3.8) is 0 Å². The largest absolute Gasteiger partial charge is 0.319 e. The fraction of sp³-hybridized carbons (Fsp3) is 0.200. The quantitative estimate of drug-likeness (QED) is 0.635. The fourth-order valence-electron chi connectivity index (χ4n) is 1.45. The normalized spacial score (nSPS) is 11.4. The van der Waals surface area contributed by atoms with Gasteiger partial charge in [0, 0.05) is 11.6 Å². The Morgan fingerprint density at radius 2 is 2.00 bits per heavy atom. The van der Waals surface area contributed by atoms with Crippen molar-refractivity contribution in [1.82, 2.24) is 4.57 Å². The second-order valence-electron chi connectivity index (χ2n) is 3.06. The van der Waals surface area contributed by atoms with Crippen molar-refractivity contribution in [3.05, 3.63) is 36.0 Å². The zero-order valence-electron chi connectivity index (χ0n) is 7.17. The number of rotatable bonds is 1. The number of fused-ring (bicyclic) bond motifs is 1. The van der Waals surface area contributed by atoms with Crippen molar-refractivity contribution in [2.45, 2.75) is 13.5 Å².